The number of rotatable bonds is 4. The van der Waals surface area contributed by atoms with Crippen molar-refractivity contribution in [1.82, 2.24) is 15.0 Å². The molecule has 2 aromatic rings. The summed E-state index contributed by atoms with van der Waals surface area (Å²) >= 11 is 0. The maximum atomic E-state index is 5.90. The molecule has 0 spiro atoms. The lowest BCUT2D eigenvalue weighted by Gasteiger charge is -2.35. The molecule has 5 nitrogen and oxygen atoms in total. The maximum Gasteiger partial charge on any atom is 0.161 e. The normalized spacial score (nSPS) is 21.6. The Balaban J connectivity index is 1.52. The molecule has 132 valence electrons. The van der Waals surface area contributed by atoms with Crippen LogP contribution in [0.15, 0.2) is 30.6 Å². The van der Waals surface area contributed by atoms with E-state index in [1.54, 1.807) is 12.4 Å². The Labute approximate surface area is 149 Å². The van der Waals surface area contributed by atoms with E-state index in [-0.39, 0.29) is 0 Å². The summed E-state index contributed by atoms with van der Waals surface area (Å²) in [7, 11) is 0. The van der Waals surface area contributed by atoms with Gasteiger partial charge in [-0.15, -0.1) is 0 Å². The highest BCUT2D eigenvalue weighted by Gasteiger charge is 2.30. The molecule has 0 radical (unpaired) electrons. The van der Waals surface area contributed by atoms with Gasteiger partial charge in [-0.2, -0.15) is 0 Å². The zero-order chi connectivity index (χ0) is 17.1. The SMILES string of the molecule is CCc1cc(N2CCC(C3CCCO3)CC2)nc(-c2ccncc2)n1. The van der Waals surface area contributed by atoms with Gasteiger partial charge in [0, 0.05) is 49.4 Å². The minimum atomic E-state index is 0.492. The van der Waals surface area contributed by atoms with E-state index in [4.69, 9.17) is 14.7 Å². The van der Waals surface area contributed by atoms with Crippen LogP contribution in [0.3, 0.4) is 0 Å². The van der Waals surface area contributed by atoms with Crippen LogP contribution >= 0.6 is 0 Å². The smallest absolute Gasteiger partial charge is 0.161 e. The van der Waals surface area contributed by atoms with E-state index in [0.29, 0.717) is 12.0 Å². The maximum absolute atomic E-state index is 5.90. The first kappa shape index (κ1) is 16.5. The van der Waals surface area contributed by atoms with Gasteiger partial charge in [0.25, 0.3) is 0 Å². The van der Waals surface area contributed by atoms with Gasteiger partial charge in [0.05, 0.1) is 6.10 Å². The minimum Gasteiger partial charge on any atom is -0.378 e. The Morgan fingerprint density at radius 2 is 1.92 bits per heavy atom. The van der Waals surface area contributed by atoms with E-state index < -0.39 is 0 Å². The zero-order valence-electron chi connectivity index (χ0n) is 14.9. The lowest BCUT2D eigenvalue weighted by Crippen LogP contribution is -2.38. The molecule has 4 rings (SSSR count). The second-order valence-corrected chi connectivity index (χ2v) is 7.01. The first-order chi connectivity index (χ1) is 12.3. The molecular formula is C20H26N4O. The highest BCUT2D eigenvalue weighted by molar-refractivity contribution is 5.57. The molecule has 2 aliphatic rings. The third kappa shape index (κ3) is 3.66. The number of hydrogen-bond donors (Lipinski definition) is 0. The van der Waals surface area contributed by atoms with Crippen LogP contribution in [0.5, 0.6) is 0 Å². The van der Waals surface area contributed by atoms with E-state index in [2.05, 4.69) is 22.9 Å². The van der Waals surface area contributed by atoms with Gasteiger partial charge in [0.15, 0.2) is 5.82 Å². The topological polar surface area (TPSA) is 51.1 Å². The van der Waals surface area contributed by atoms with Crippen LogP contribution in [0.4, 0.5) is 5.82 Å². The molecule has 0 N–H and O–H groups in total. The van der Waals surface area contributed by atoms with Crippen molar-refractivity contribution in [1.29, 1.82) is 0 Å². The summed E-state index contributed by atoms with van der Waals surface area (Å²) in [5.74, 6) is 2.58. The monoisotopic (exact) mass is 338 g/mol. The molecule has 2 saturated heterocycles. The molecule has 0 amide bonds. The number of ether oxygens (including phenoxy) is 1. The van der Waals surface area contributed by atoms with Crippen LogP contribution in [0.25, 0.3) is 11.4 Å². The fourth-order valence-corrected chi connectivity index (χ4v) is 3.93. The van der Waals surface area contributed by atoms with Crippen LogP contribution in [-0.2, 0) is 11.2 Å². The number of aryl methyl sites for hydroxylation is 1. The third-order valence-electron chi connectivity index (χ3n) is 5.42. The second kappa shape index (κ2) is 7.48. The molecular weight excluding hydrogens is 312 g/mol. The minimum absolute atomic E-state index is 0.492. The summed E-state index contributed by atoms with van der Waals surface area (Å²) < 4.78 is 5.90. The molecule has 5 heteroatoms. The summed E-state index contributed by atoms with van der Waals surface area (Å²) in [5, 5.41) is 0. The third-order valence-corrected chi connectivity index (χ3v) is 5.42. The Morgan fingerprint density at radius 1 is 1.12 bits per heavy atom. The summed E-state index contributed by atoms with van der Waals surface area (Å²) in [6.07, 6.45) is 9.86. The number of pyridine rings is 1. The Kier molecular flexibility index (Phi) is 4.92. The highest BCUT2D eigenvalue weighted by Crippen LogP contribution is 2.31. The second-order valence-electron chi connectivity index (χ2n) is 7.01. The number of piperidine rings is 1. The Hall–Kier alpha value is -2.01. The van der Waals surface area contributed by atoms with Crippen molar-refractivity contribution in [3.8, 4) is 11.4 Å². The molecule has 0 bridgehead atoms. The van der Waals surface area contributed by atoms with Crippen molar-refractivity contribution in [2.45, 2.75) is 45.1 Å². The van der Waals surface area contributed by atoms with Crippen LogP contribution < -0.4 is 4.90 Å². The lowest BCUT2D eigenvalue weighted by molar-refractivity contribution is 0.0531. The predicted octanol–water partition coefficient (Wildman–Crippen LogP) is 3.50. The van der Waals surface area contributed by atoms with E-state index in [9.17, 15) is 0 Å². The van der Waals surface area contributed by atoms with Crippen LogP contribution in [0.1, 0.15) is 38.3 Å². The zero-order valence-corrected chi connectivity index (χ0v) is 14.9. The summed E-state index contributed by atoms with van der Waals surface area (Å²) in [4.78, 5) is 16.1. The molecule has 4 heterocycles. The first-order valence-electron chi connectivity index (χ1n) is 9.48. The number of aromatic nitrogens is 3. The summed E-state index contributed by atoms with van der Waals surface area (Å²) in [6, 6.07) is 6.10. The molecule has 2 aliphatic heterocycles. The van der Waals surface area contributed by atoms with Crippen LogP contribution in [-0.4, -0.2) is 40.8 Å². The fourth-order valence-electron chi connectivity index (χ4n) is 3.93. The number of hydrogen-bond acceptors (Lipinski definition) is 5. The van der Waals surface area contributed by atoms with Gasteiger partial charge in [-0.3, -0.25) is 4.98 Å². The van der Waals surface area contributed by atoms with Crippen molar-refractivity contribution >= 4 is 5.82 Å². The van der Waals surface area contributed by atoms with Gasteiger partial charge < -0.3 is 9.64 Å². The van der Waals surface area contributed by atoms with Crippen molar-refractivity contribution in [3.63, 3.8) is 0 Å². The molecule has 2 fully saturated rings. The molecule has 25 heavy (non-hydrogen) atoms. The molecule has 1 unspecified atom stereocenters. The van der Waals surface area contributed by atoms with E-state index in [1.807, 2.05) is 12.1 Å². The Bertz CT molecular complexity index is 692. The summed E-state index contributed by atoms with van der Waals surface area (Å²) in [6.45, 7) is 5.21. The van der Waals surface area contributed by atoms with Gasteiger partial charge in [-0.05, 0) is 50.2 Å². The molecule has 1 atom stereocenters. The first-order valence-corrected chi connectivity index (χ1v) is 9.48. The molecule has 0 saturated carbocycles. The quantitative estimate of drug-likeness (QED) is 0.854. The average molecular weight is 338 g/mol. The van der Waals surface area contributed by atoms with Crippen molar-refractivity contribution in [2.24, 2.45) is 5.92 Å². The Morgan fingerprint density at radius 3 is 2.60 bits per heavy atom. The van der Waals surface area contributed by atoms with Gasteiger partial charge in [0.2, 0.25) is 0 Å². The molecule has 0 aromatic carbocycles. The number of anilines is 1. The van der Waals surface area contributed by atoms with Gasteiger partial charge in [-0.1, -0.05) is 6.92 Å². The van der Waals surface area contributed by atoms with Crippen molar-refractivity contribution in [3.05, 3.63) is 36.3 Å². The predicted molar refractivity (Wildman–Crippen MR) is 98.6 cm³/mol. The number of nitrogens with zero attached hydrogens (tertiary/aromatic N) is 4. The van der Waals surface area contributed by atoms with Crippen LogP contribution in [0, 0.1) is 5.92 Å². The van der Waals surface area contributed by atoms with Gasteiger partial charge in [-0.25, -0.2) is 9.97 Å². The standard InChI is InChI=1S/C20H26N4O/c1-2-17-14-19(23-20(22-17)16-5-9-21-10-6-16)24-11-7-15(8-12-24)18-4-3-13-25-18/h5-6,9-10,14-15,18H,2-4,7-8,11-13H2,1H3. The fraction of sp³-hybridized carbons (Fsp3) is 0.550. The van der Waals surface area contributed by atoms with Crippen LogP contribution in [0.2, 0.25) is 0 Å². The van der Waals surface area contributed by atoms with Gasteiger partial charge in [0.1, 0.15) is 5.82 Å². The van der Waals surface area contributed by atoms with E-state index >= 15 is 0 Å². The summed E-state index contributed by atoms with van der Waals surface area (Å²) in [5.41, 5.74) is 2.12. The van der Waals surface area contributed by atoms with E-state index in [0.717, 1.165) is 49.0 Å². The average Bonchev–Trinajstić information content (AvgIpc) is 3.23. The van der Waals surface area contributed by atoms with Gasteiger partial charge >= 0.3 is 0 Å². The van der Waals surface area contributed by atoms with Crippen molar-refractivity contribution in [2.75, 3.05) is 24.6 Å². The lowest BCUT2D eigenvalue weighted by atomic mass is 9.90. The molecule has 0 aliphatic carbocycles. The molecule has 2 aromatic heterocycles. The van der Waals surface area contributed by atoms with E-state index in [1.165, 1.54) is 25.7 Å². The largest absolute Gasteiger partial charge is 0.378 e. The highest BCUT2D eigenvalue weighted by atomic mass is 16.5. The van der Waals surface area contributed by atoms with Crippen molar-refractivity contribution < 1.29 is 4.74 Å².